The lowest BCUT2D eigenvalue weighted by Gasteiger charge is -2.17. The van der Waals surface area contributed by atoms with Gasteiger partial charge in [0.2, 0.25) is 0 Å². The number of carbonyl (C=O) groups is 1. The van der Waals surface area contributed by atoms with Crippen LogP contribution in [0.3, 0.4) is 0 Å². The van der Waals surface area contributed by atoms with Crippen molar-refractivity contribution in [3.05, 3.63) is 71.3 Å². The first-order chi connectivity index (χ1) is 11.2. The minimum absolute atomic E-state index is 0. The second-order valence-corrected chi connectivity index (χ2v) is 6.02. The van der Waals surface area contributed by atoms with Crippen molar-refractivity contribution in [2.75, 3.05) is 20.2 Å². The second-order valence-electron chi connectivity index (χ2n) is 6.02. The third-order valence-electron chi connectivity index (χ3n) is 4.39. The van der Waals surface area contributed by atoms with Crippen LogP contribution in [0.4, 0.5) is 0 Å². The fraction of sp³-hybridized carbons (Fsp3) is 0.316. The molecule has 1 amide bonds. The number of hydrogen-bond acceptors (Lipinski definition) is 3. The van der Waals surface area contributed by atoms with Gasteiger partial charge < -0.3 is 15.4 Å². The molecule has 5 heteroatoms. The van der Waals surface area contributed by atoms with E-state index in [1.54, 1.807) is 7.11 Å². The van der Waals surface area contributed by atoms with Crippen molar-refractivity contribution in [3.8, 4) is 0 Å². The fourth-order valence-electron chi connectivity index (χ4n) is 3.14. The van der Waals surface area contributed by atoms with Crippen LogP contribution < -0.4 is 5.73 Å². The SMILES string of the molecule is COCc1ccc(C(=O)N2C[C@@H](N)[C@H](c3ccccc3)C2)cc1.Cl. The number of halogens is 1. The molecule has 128 valence electrons. The summed E-state index contributed by atoms with van der Waals surface area (Å²) in [5.74, 6) is 0.246. The fourth-order valence-corrected chi connectivity index (χ4v) is 3.14. The van der Waals surface area contributed by atoms with Crippen LogP contribution in [0.2, 0.25) is 0 Å². The standard InChI is InChI=1S/C19H22N2O2.ClH/c1-23-13-14-7-9-16(10-8-14)19(22)21-11-17(18(20)12-21)15-5-3-2-4-6-15;/h2-10,17-18H,11-13,20H2,1H3;1H/t17-,18+;/m0./s1. The van der Waals surface area contributed by atoms with Gasteiger partial charge in [0.25, 0.3) is 5.91 Å². The van der Waals surface area contributed by atoms with Gasteiger partial charge in [0.1, 0.15) is 0 Å². The van der Waals surface area contributed by atoms with Gasteiger partial charge in [-0.1, -0.05) is 42.5 Å². The van der Waals surface area contributed by atoms with E-state index in [0.29, 0.717) is 25.3 Å². The Bertz CT molecular complexity index is 661. The number of likely N-dealkylation sites (tertiary alicyclic amines) is 1. The van der Waals surface area contributed by atoms with Crippen molar-refractivity contribution < 1.29 is 9.53 Å². The minimum Gasteiger partial charge on any atom is -0.380 e. The summed E-state index contributed by atoms with van der Waals surface area (Å²) in [6, 6.07) is 17.8. The van der Waals surface area contributed by atoms with E-state index in [9.17, 15) is 4.79 Å². The number of rotatable bonds is 4. The molecular formula is C19H23ClN2O2. The molecule has 2 N–H and O–H groups in total. The molecule has 1 aliphatic heterocycles. The molecule has 0 bridgehead atoms. The zero-order valence-corrected chi connectivity index (χ0v) is 14.5. The number of carbonyl (C=O) groups excluding carboxylic acids is 1. The molecule has 2 aromatic carbocycles. The molecule has 0 unspecified atom stereocenters. The second kappa shape index (κ2) is 8.29. The maximum atomic E-state index is 12.7. The van der Waals surface area contributed by atoms with Crippen LogP contribution in [0.15, 0.2) is 54.6 Å². The number of nitrogens with two attached hydrogens (primary N) is 1. The molecule has 1 heterocycles. The van der Waals surface area contributed by atoms with Crippen LogP contribution in [-0.4, -0.2) is 37.0 Å². The first-order valence-electron chi connectivity index (χ1n) is 7.86. The number of methoxy groups -OCH3 is 1. The van der Waals surface area contributed by atoms with Crippen LogP contribution >= 0.6 is 12.4 Å². The van der Waals surface area contributed by atoms with E-state index >= 15 is 0 Å². The van der Waals surface area contributed by atoms with Gasteiger partial charge in [0, 0.05) is 37.7 Å². The molecule has 0 aliphatic carbocycles. The van der Waals surface area contributed by atoms with Gasteiger partial charge in [0.05, 0.1) is 6.61 Å². The lowest BCUT2D eigenvalue weighted by molar-refractivity contribution is 0.0789. The van der Waals surface area contributed by atoms with Gasteiger partial charge in [-0.2, -0.15) is 0 Å². The van der Waals surface area contributed by atoms with E-state index in [1.165, 1.54) is 5.56 Å². The largest absolute Gasteiger partial charge is 0.380 e. The molecule has 0 radical (unpaired) electrons. The number of ether oxygens (including phenoxy) is 1. The Morgan fingerprint density at radius 1 is 1.12 bits per heavy atom. The highest BCUT2D eigenvalue weighted by atomic mass is 35.5. The van der Waals surface area contributed by atoms with Gasteiger partial charge in [-0.25, -0.2) is 0 Å². The average Bonchev–Trinajstić information content (AvgIpc) is 2.98. The van der Waals surface area contributed by atoms with Gasteiger partial charge >= 0.3 is 0 Å². The third kappa shape index (κ3) is 3.96. The molecule has 0 aromatic heterocycles. The van der Waals surface area contributed by atoms with Crippen molar-refractivity contribution in [2.45, 2.75) is 18.6 Å². The molecule has 2 aromatic rings. The van der Waals surface area contributed by atoms with E-state index in [1.807, 2.05) is 47.4 Å². The minimum atomic E-state index is -0.0193. The molecule has 1 aliphatic rings. The normalized spacial score (nSPS) is 19.8. The summed E-state index contributed by atoms with van der Waals surface area (Å²) in [6.07, 6.45) is 0. The highest BCUT2D eigenvalue weighted by Gasteiger charge is 2.34. The van der Waals surface area contributed by atoms with Crippen molar-refractivity contribution in [1.29, 1.82) is 0 Å². The van der Waals surface area contributed by atoms with E-state index in [0.717, 1.165) is 5.56 Å². The predicted octanol–water partition coefficient (Wildman–Crippen LogP) is 2.82. The summed E-state index contributed by atoms with van der Waals surface area (Å²) >= 11 is 0. The van der Waals surface area contributed by atoms with E-state index in [4.69, 9.17) is 10.5 Å². The monoisotopic (exact) mass is 346 g/mol. The van der Waals surface area contributed by atoms with Gasteiger partial charge in [0.15, 0.2) is 0 Å². The number of benzene rings is 2. The van der Waals surface area contributed by atoms with Crippen molar-refractivity contribution >= 4 is 18.3 Å². The maximum absolute atomic E-state index is 12.7. The lowest BCUT2D eigenvalue weighted by Crippen LogP contribution is -2.32. The van der Waals surface area contributed by atoms with Crippen LogP contribution in [-0.2, 0) is 11.3 Å². The quantitative estimate of drug-likeness (QED) is 0.926. The first-order valence-corrected chi connectivity index (χ1v) is 7.86. The molecule has 0 spiro atoms. The highest BCUT2D eigenvalue weighted by molar-refractivity contribution is 5.94. The Morgan fingerprint density at radius 2 is 1.79 bits per heavy atom. The smallest absolute Gasteiger partial charge is 0.253 e. The number of amides is 1. The molecule has 2 atom stereocenters. The summed E-state index contributed by atoms with van der Waals surface area (Å²) < 4.78 is 5.09. The van der Waals surface area contributed by atoms with E-state index in [-0.39, 0.29) is 30.3 Å². The topological polar surface area (TPSA) is 55.6 Å². The Hall–Kier alpha value is -1.88. The van der Waals surface area contributed by atoms with Crippen LogP contribution in [0.25, 0.3) is 0 Å². The molecule has 0 saturated carbocycles. The summed E-state index contributed by atoms with van der Waals surface area (Å²) in [6.45, 7) is 1.82. The average molecular weight is 347 g/mol. The first kappa shape index (κ1) is 18.5. The lowest BCUT2D eigenvalue weighted by atomic mass is 9.95. The molecule has 1 fully saturated rings. The summed E-state index contributed by atoms with van der Waals surface area (Å²) in [5.41, 5.74) is 9.23. The molecule has 1 saturated heterocycles. The van der Waals surface area contributed by atoms with Crippen LogP contribution in [0, 0.1) is 0 Å². The third-order valence-corrected chi connectivity index (χ3v) is 4.39. The summed E-state index contributed by atoms with van der Waals surface area (Å²) in [4.78, 5) is 14.5. The summed E-state index contributed by atoms with van der Waals surface area (Å²) in [5, 5.41) is 0. The van der Waals surface area contributed by atoms with Crippen molar-refractivity contribution in [2.24, 2.45) is 5.73 Å². The Kier molecular flexibility index (Phi) is 6.37. The highest BCUT2D eigenvalue weighted by Crippen LogP contribution is 2.27. The number of nitrogens with zero attached hydrogens (tertiary/aromatic N) is 1. The molecule has 3 rings (SSSR count). The Morgan fingerprint density at radius 3 is 2.42 bits per heavy atom. The molecule has 4 nitrogen and oxygen atoms in total. The predicted molar refractivity (Wildman–Crippen MR) is 97.5 cm³/mol. The molecule has 24 heavy (non-hydrogen) atoms. The van der Waals surface area contributed by atoms with Crippen LogP contribution in [0.1, 0.15) is 27.4 Å². The molecular weight excluding hydrogens is 324 g/mol. The Labute approximate surface area is 149 Å². The Balaban J connectivity index is 0.00000208. The van der Waals surface area contributed by atoms with Gasteiger partial charge in [-0.15, -0.1) is 12.4 Å². The van der Waals surface area contributed by atoms with E-state index < -0.39 is 0 Å². The van der Waals surface area contributed by atoms with Gasteiger partial charge in [-0.05, 0) is 23.3 Å². The maximum Gasteiger partial charge on any atom is 0.253 e. The van der Waals surface area contributed by atoms with Crippen LogP contribution in [0.5, 0.6) is 0 Å². The van der Waals surface area contributed by atoms with Crippen molar-refractivity contribution in [3.63, 3.8) is 0 Å². The zero-order chi connectivity index (χ0) is 16.2. The van der Waals surface area contributed by atoms with E-state index in [2.05, 4.69) is 12.1 Å². The van der Waals surface area contributed by atoms with Crippen molar-refractivity contribution in [1.82, 2.24) is 4.90 Å². The number of hydrogen-bond donors (Lipinski definition) is 1. The summed E-state index contributed by atoms with van der Waals surface area (Å²) in [7, 11) is 1.66. The van der Waals surface area contributed by atoms with Gasteiger partial charge in [-0.3, -0.25) is 4.79 Å². The zero-order valence-electron chi connectivity index (χ0n) is 13.7.